The van der Waals surface area contributed by atoms with Gasteiger partial charge in [-0.2, -0.15) is 5.10 Å². The van der Waals surface area contributed by atoms with Crippen LogP contribution in [0.15, 0.2) is 54.6 Å². The molecule has 0 saturated heterocycles. The number of carbonyl (C=O) groups excluding carboxylic acids is 2. The molecule has 0 unspecified atom stereocenters. The van der Waals surface area contributed by atoms with Gasteiger partial charge in [0.25, 0.3) is 5.91 Å². The number of esters is 1. The monoisotopic (exact) mass is 417 g/mol. The van der Waals surface area contributed by atoms with E-state index < -0.39 is 0 Å². The van der Waals surface area contributed by atoms with Crippen molar-refractivity contribution in [3.05, 3.63) is 88.2 Å². The van der Waals surface area contributed by atoms with E-state index in [1.54, 1.807) is 25.1 Å². The molecule has 160 valence electrons. The average Bonchev–Trinajstić information content (AvgIpc) is 3.02. The second-order valence-electron chi connectivity index (χ2n) is 7.35. The Morgan fingerprint density at radius 3 is 2.35 bits per heavy atom. The minimum atomic E-state index is -0.381. The lowest BCUT2D eigenvalue weighted by Gasteiger charge is -2.08. The Bertz CT molecular complexity index is 1090. The molecule has 0 aliphatic heterocycles. The molecule has 0 aliphatic carbocycles. The number of amides is 1. The van der Waals surface area contributed by atoms with E-state index in [0.29, 0.717) is 30.1 Å². The lowest BCUT2D eigenvalue weighted by molar-refractivity contribution is -0.137. The number of hydrogen-bond acceptors (Lipinski definition) is 4. The van der Waals surface area contributed by atoms with Crippen LogP contribution in [0.4, 0.5) is 5.69 Å². The van der Waals surface area contributed by atoms with Crippen LogP contribution in [-0.4, -0.2) is 28.3 Å². The third-order valence-electron chi connectivity index (χ3n) is 4.93. The third kappa shape index (κ3) is 5.69. The maximum atomic E-state index is 12.9. The minimum absolute atomic E-state index is 0.194. The number of aromatic nitrogens is 2. The highest BCUT2D eigenvalue weighted by molar-refractivity contribution is 6.05. The molecule has 0 saturated carbocycles. The zero-order valence-corrected chi connectivity index (χ0v) is 18.3. The van der Waals surface area contributed by atoms with Gasteiger partial charge in [-0.05, 0) is 57.0 Å². The molecule has 31 heavy (non-hydrogen) atoms. The summed E-state index contributed by atoms with van der Waals surface area (Å²) in [5.41, 5.74) is 5.95. The van der Waals surface area contributed by atoms with Gasteiger partial charge in [-0.3, -0.25) is 9.48 Å². The largest absolute Gasteiger partial charge is 0.463 e. The molecule has 6 heteroatoms. The smallest absolute Gasteiger partial charge is 0.330 e. The maximum Gasteiger partial charge on any atom is 0.330 e. The molecule has 6 nitrogen and oxygen atoms in total. The second kappa shape index (κ2) is 9.89. The van der Waals surface area contributed by atoms with Crippen molar-refractivity contribution < 1.29 is 14.3 Å². The lowest BCUT2D eigenvalue weighted by atomic mass is 10.1. The fourth-order valence-corrected chi connectivity index (χ4v) is 3.27. The summed E-state index contributed by atoms with van der Waals surface area (Å²) >= 11 is 0. The summed E-state index contributed by atoms with van der Waals surface area (Å²) in [5.74, 6) is -0.576. The van der Waals surface area contributed by atoms with Crippen LogP contribution < -0.4 is 5.32 Å². The van der Waals surface area contributed by atoms with Crippen molar-refractivity contribution in [2.45, 2.75) is 34.2 Å². The van der Waals surface area contributed by atoms with Gasteiger partial charge in [-0.15, -0.1) is 0 Å². The first kappa shape index (κ1) is 22.0. The van der Waals surface area contributed by atoms with E-state index in [9.17, 15) is 9.59 Å². The quantitative estimate of drug-likeness (QED) is 0.447. The predicted molar refractivity (Wildman–Crippen MR) is 122 cm³/mol. The molecule has 0 fully saturated rings. The first-order chi connectivity index (χ1) is 14.9. The number of hydrogen-bond donors (Lipinski definition) is 1. The molecule has 0 atom stereocenters. The highest BCUT2D eigenvalue weighted by Crippen LogP contribution is 2.18. The van der Waals surface area contributed by atoms with Crippen LogP contribution in [0, 0.1) is 20.8 Å². The van der Waals surface area contributed by atoms with Gasteiger partial charge >= 0.3 is 5.97 Å². The summed E-state index contributed by atoms with van der Waals surface area (Å²) < 4.78 is 6.72. The molecule has 1 aromatic heterocycles. The van der Waals surface area contributed by atoms with E-state index in [2.05, 4.69) is 41.6 Å². The molecular formula is C25H27N3O3. The average molecular weight is 418 g/mol. The molecule has 0 spiro atoms. The zero-order chi connectivity index (χ0) is 22.4. The molecule has 0 bridgehead atoms. The van der Waals surface area contributed by atoms with Gasteiger partial charge < -0.3 is 10.1 Å². The topological polar surface area (TPSA) is 73.2 Å². The fraction of sp³-hybridized carbons (Fsp3) is 0.240. The predicted octanol–water partition coefficient (Wildman–Crippen LogP) is 4.69. The van der Waals surface area contributed by atoms with E-state index in [-0.39, 0.29) is 11.9 Å². The van der Waals surface area contributed by atoms with Gasteiger partial charge in [-0.25, -0.2) is 4.79 Å². The Labute approximate surface area is 182 Å². The number of nitrogens with one attached hydrogen (secondary N) is 1. The van der Waals surface area contributed by atoms with Gasteiger partial charge in [0.1, 0.15) is 0 Å². The fourth-order valence-electron chi connectivity index (χ4n) is 3.27. The van der Waals surface area contributed by atoms with Crippen molar-refractivity contribution in [2.24, 2.45) is 0 Å². The first-order valence-electron chi connectivity index (χ1n) is 10.2. The van der Waals surface area contributed by atoms with Gasteiger partial charge in [0.2, 0.25) is 0 Å². The molecular weight excluding hydrogens is 390 g/mol. The van der Waals surface area contributed by atoms with Crippen molar-refractivity contribution in [1.29, 1.82) is 0 Å². The Hall–Kier alpha value is -3.67. The highest BCUT2D eigenvalue weighted by Gasteiger charge is 2.19. The van der Waals surface area contributed by atoms with Gasteiger partial charge in [0, 0.05) is 17.5 Å². The molecule has 0 aliphatic rings. The van der Waals surface area contributed by atoms with Crippen LogP contribution in [0.5, 0.6) is 0 Å². The van der Waals surface area contributed by atoms with Gasteiger partial charge in [-0.1, -0.05) is 42.0 Å². The Morgan fingerprint density at radius 2 is 1.71 bits per heavy atom. The van der Waals surface area contributed by atoms with Gasteiger partial charge in [0.05, 0.1) is 24.4 Å². The normalized spacial score (nSPS) is 11.0. The Kier molecular flexibility index (Phi) is 7.03. The van der Waals surface area contributed by atoms with E-state index in [4.69, 9.17) is 4.74 Å². The van der Waals surface area contributed by atoms with Crippen LogP contribution in [0.2, 0.25) is 0 Å². The third-order valence-corrected chi connectivity index (χ3v) is 4.93. The SMILES string of the molecule is CCOC(=O)C=Cc1ccc(NC(=O)c2c(C)nn(Cc3ccc(C)cc3)c2C)cc1. The summed E-state index contributed by atoms with van der Waals surface area (Å²) in [7, 11) is 0. The summed E-state index contributed by atoms with van der Waals surface area (Å²) in [4.78, 5) is 24.3. The zero-order valence-electron chi connectivity index (χ0n) is 18.3. The molecule has 3 aromatic rings. The van der Waals surface area contributed by atoms with Crippen LogP contribution in [-0.2, 0) is 16.1 Å². The van der Waals surface area contributed by atoms with Crippen molar-refractivity contribution in [2.75, 3.05) is 11.9 Å². The van der Waals surface area contributed by atoms with Crippen LogP contribution in [0.1, 0.15) is 45.4 Å². The van der Waals surface area contributed by atoms with Crippen LogP contribution in [0.25, 0.3) is 6.08 Å². The minimum Gasteiger partial charge on any atom is -0.463 e. The number of rotatable bonds is 7. The number of ether oxygens (including phenoxy) is 1. The number of nitrogens with zero attached hydrogens (tertiary/aromatic N) is 2. The van der Waals surface area contributed by atoms with E-state index in [0.717, 1.165) is 16.8 Å². The summed E-state index contributed by atoms with van der Waals surface area (Å²) in [6.07, 6.45) is 3.05. The van der Waals surface area contributed by atoms with Crippen molar-refractivity contribution in [3.63, 3.8) is 0 Å². The molecule has 1 N–H and O–H groups in total. The summed E-state index contributed by atoms with van der Waals surface area (Å²) in [6, 6.07) is 15.5. The highest BCUT2D eigenvalue weighted by atomic mass is 16.5. The maximum absolute atomic E-state index is 12.9. The van der Waals surface area contributed by atoms with Crippen molar-refractivity contribution >= 4 is 23.6 Å². The molecule has 1 heterocycles. The molecule has 2 aromatic carbocycles. The molecule has 3 rings (SSSR count). The van der Waals surface area contributed by atoms with Crippen molar-refractivity contribution in [1.82, 2.24) is 9.78 Å². The number of carbonyl (C=O) groups is 2. The summed E-state index contributed by atoms with van der Waals surface area (Å²) in [6.45, 7) is 8.52. The van der Waals surface area contributed by atoms with E-state index in [1.165, 1.54) is 11.6 Å². The number of aryl methyl sites for hydroxylation is 2. The van der Waals surface area contributed by atoms with E-state index in [1.807, 2.05) is 30.7 Å². The molecule has 0 radical (unpaired) electrons. The van der Waals surface area contributed by atoms with Crippen LogP contribution >= 0.6 is 0 Å². The van der Waals surface area contributed by atoms with Crippen LogP contribution in [0.3, 0.4) is 0 Å². The van der Waals surface area contributed by atoms with Gasteiger partial charge in [0.15, 0.2) is 0 Å². The van der Waals surface area contributed by atoms with Crippen molar-refractivity contribution in [3.8, 4) is 0 Å². The Balaban J connectivity index is 1.69. The standard InChI is InChI=1S/C25H27N3O3/c1-5-31-23(29)15-12-20-10-13-22(14-11-20)26-25(30)24-18(3)27-28(19(24)4)16-21-8-6-17(2)7-9-21/h6-15H,5,16H2,1-4H3,(H,26,30). The van der Waals surface area contributed by atoms with E-state index >= 15 is 0 Å². The number of anilines is 1. The molecule has 1 amide bonds. The lowest BCUT2D eigenvalue weighted by Crippen LogP contribution is -2.14. The Morgan fingerprint density at radius 1 is 1.03 bits per heavy atom. The summed E-state index contributed by atoms with van der Waals surface area (Å²) in [5, 5.41) is 7.49. The first-order valence-corrected chi connectivity index (χ1v) is 10.2. The number of benzene rings is 2. The second-order valence-corrected chi connectivity index (χ2v) is 7.35.